The van der Waals surface area contributed by atoms with Crippen LogP contribution in [0.25, 0.3) is 0 Å². The van der Waals surface area contributed by atoms with E-state index in [1.165, 1.54) is 12.1 Å². The Kier molecular flexibility index (Phi) is 3.25. The number of carbonyl (C=O) groups is 1. The maximum atomic E-state index is 12.4. The second-order valence-electron chi connectivity index (χ2n) is 5.66. The van der Waals surface area contributed by atoms with Crippen molar-refractivity contribution in [3.8, 4) is 11.5 Å². The molecule has 0 spiro atoms. The second kappa shape index (κ2) is 5.42. The first-order valence-electron chi connectivity index (χ1n) is 7.45. The largest absolute Gasteiger partial charge is 0.454 e. The lowest BCUT2D eigenvalue weighted by Gasteiger charge is -2.16. The van der Waals surface area contributed by atoms with Crippen LogP contribution in [0.2, 0.25) is 0 Å². The van der Waals surface area contributed by atoms with Crippen molar-refractivity contribution in [2.75, 3.05) is 19.9 Å². The Labute approximate surface area is 131 Å². The number of ether oxygens (including phenoxy) is 2. The van der Waals surface area contributed by atoms with E-state index < -0.39 is 0 Å². The first-order chi connectivity index (χ1) is 11.2. The van der Waals surface area contributed by atoms with E-state index in [4.69, 9.17) is 9.47 Å². The van der Waals surface area contributed by atoms with Gasteiger partial charge in [-0.15, -0.1) is 0 Å². The summed E-state index contributed by atoms with van der Waals surface area (Å²) < 4.78 is 10.7. The number of fused-ring (bicyclic) bond motifs is 1. The van der Waals surface area contributed by atoms with E-state index in [2.05, 4.69) is 10.2 Å². The van der Waals surface area contributed by atoms with Crippen LogP contribution in [0.4, 0.5) is 0 Å². The van der Waals surface area contributed by atoms with Gasteiger partial charge in [-0.3, -0.25) is 9.59 Å². The van der Waals surface area contributed by atoms with E-state index >= 15 is 0 Å². The molecule has 3 heterocycles. The van der Waals surface area contributed by atoms with Crippen LogP contribution in [0.1, 0.15) is 28.4 Å². The standard InChI is InChI=1S/C16H15N3O4/c20-15-4-2-12(17-18-15)16(21)19-6-5-11(8-19)10-1-3-13-14(7-10)23-9-22-13/h1-4,7,11H,5-6,8-9H2,(H,18,20). The highest BCUT2D eigenvalue weighted by molar-refractivity contribution is 5.92. The molecule has 7 nitrogen and oxygen atoms in total. The summed E-state index contributed by atoms with van der Waals surface area (Å²) in [6.07, 6.45) is 0.884. The lowest BCUT2D eigenvalue weighted by Crippen LogP contribution is -2.30. The van der Waals surface area contributed by atoms with Crippen molar-refractivity contribution in [3.63, 3.8) is 0 Å². The monoisotopic (exact) mass is 313 g/mol. The summed E-state index contributed by atoms with van der Waals surface area (Å²) in [5.41, 5.74) is 1.08. The molecule has 0 aliphatic carbocycles. The van der Waals surface area contributed by atoms with Crippen LogP contribution < -0.4 is 15.0 Å². The van der Waals surface area contributed by atoms with Gasteiger partial charge in [0, 0.05) is 25.1 Å². The molecule has 0 saturated carbocycles. The first kappa shape index (κ1) is 13.8. The van der Waals surface area contributed by atoms with Gasteiger partial charge in [-0.05, 0) is 30.2 Å². The van der Waals surface area contributed by atoms with Crippen LogP contribution in [0.15, 0.2) is 35.1 Å². The number of amides is 1. The summed E-state index contributed by atoms with van der Waals surface area (Å²) in [5, 5.41) is 6.09. The molecule has 1 N–H and O–H groups in total. The van der Waals surface area contributed by atoms with Gasteiger partial charge in [-0.1, -0.05) is 6.07 Å². The summed E-state index contributed by atoms with van der Waals surface area (Å²) >= 11 is 0. The fraction of sp³-hybridized carbons (Fsp3) is 0.312. The average molecular weight is 313 g/mol. The summed E-state index contributed by atoms with van der Waals surface area (Å²) in [6.45, 7) is 1.55. The maximum absolute atomic E-state index is 12.4. The van der Waals surface area contributed by atoms with E-state index in [0.717, 1.165) is 23.5 Å². The molecule has 1 aromatic heterocycles. The molecule has 2 aliphatic rings. The molecule has 0 bridgehead atoms. The van der Waals surface area contributed by atoms with Gasteiger partial charge in [0.25, 0.3) is 11.5 Å². The number of nitrogens with zero attached hydrogens (tertiary/aromatic N) is 2. The quantitative estimate of drug-likeness (QED) is 0.898. The molecule has 1 fully saturated rings. The minimum atomic E-state index is -0.318. The molecule has 1 saturated heterocycles. The number of hydrogen-bond acceptors (Lipinski definition) is 5. The molecular formula is C16H15N3O4. The Bertz CT molecular complexity index is 797. The molecule has 2 aliphatic heterocycles. The van der Waals surface area contributed by atoms with Gasteiger partial charge in [-0.2, -0.15) is 5.10 Å². The van der Waals surface area contributed by atoms with Crippen molar-refractivity contribution in [2.45, 2.75) is 12.3 Å². The predicted octanol–water partition coefficient (Wildman–Crippen LogP) is 1.13. The summed E-state index contributed by atoms with van der Waals surface area (Å²) in [6, 6.07) is 8.68. The molecular weight excluding hydrogens is 298 g/mol. The molecule has 7 heteroatoms. The lowest BCUT2D eigenvalue weighted by molar-refractivity contribution is 0.0783. The molecule has 4 rings (SSSR count). The molecule has 1 atom stereocenters. The van der Waals surface area contributed by atoms with E-state index in [9.17, 15) is 9.59 Å². The summed E-state index contributed by atoms with van der Waals surface area (Å²) in [5.74, 6) is 1.62. The Morgan fingerprint density at radius 2 is 2.09 bits per heavy atom. The zero-order chi connectivity index (χ0) is 15.8. The number of carbonyl (C=O) groups excluding carboxylic acids is 1. The fourth-order valence-corrected chi connectivity index (χ4v) is 3.01. The Balaban J connectivity index is 1.49. The van der Waals surface area contributed by atoms with E-state index in [1.807, 2.05) is 18.2 Å². The topological polar surface area (TPSA) is 84.5 Å². The van der Waals surface area contributed by atoms with Crippen molar-refractivity contribution < 1.29 is 14.3 Å². The molecule has 2 aromatic rings. The minimum Gasteiger partial charge on any atom is -0.454 e. The predicted molar refractivity (Wildman–Crippen MR) is 80.7 cm³/mol. The number of nitrogens with one attached hydrogen (secondary N) is 1. The lowest BCUT2D eigenvalue weighted by atomic mass is 9.98. The Morgan fingerprint density at radius 1 is 1.22 bits per heavy atom. The molecule has 23 heavy (non-hydrogen) atoms. The van der Waals surface area contributed by atoms with Crippen LogP contribution in [-0.4, -0.2) is 40.9 Å². The van der Waals surface area contributed by atoms with Crippen molar-refractivity contribution in [2.24, 2.45) is 0 Å². The zero-order valence-electron chi connectivity index (χ0n) is 12.3. The van der Waals surface area contributed by atoms with Gasteiger partial charge in [0.2, 0.25) is 6.79 Å². The zero-order valence-corrected chi connectivity index (χ0v) is 12.3. The first-order valence-corrected chi connectivity index (χ1v) is 7.45. The average Bonchev–Trinajstić information content (AvgIpc) is 3.23. The molecule has 1 aromatic carbocycles. The third-order valence-electron chi connectivity index (χ3n) is 4.24. The minimum absolute atomic E-state index is 0.163. The summed E-state index contributed by atoms with van der Waals surface area (Å²) in [7, 11) is 0. The number of aromatic nitrogens is 2. The van der Waals surface area contributed by atoms with Crippen LogP contribution in [0.3, 0.4) is 0 Å². The summed E-state index contributed by atoms with van der Waals surface area (Å²) in [4.78, 5) is 25.2. The smallest absolute Gasteiger partial charge is 0.274 e. The SMILES string of the molecule is O=C(c1ccc(=O)[nH]n1)N1CCC(c2ccc3c(c2)OCO3)C1. The normalized spacial score (nSPS) is 19.1. The number of aromatic amines is 1. The molecule has 1 amide bonds. The maximum Gasteiger partial charge on any atom is 0.274 e. The van der Waals surface area contributed by atoms with Gasteiger partial charge in [0.1, 0.15) is 5.69 Å². The Morgan fingerprint density at radius 3 is 2.91 bits per heavy atom. The van der Waals surface area contributed by atoms with Crippen molar-refractivity contribution in [1.82, 2.24) is 15.1 Å². The molecule has 118 valence electrons. The number of H-pyrrole nitrogens is 1. The highest BCUT2D eigenvalue weighted by Gasteiger charge is 2.29. The number of benzene rings is 1. The molecule has 0 radical (unpaired) electrons. The fourth-order valence-electron chi connectivity index (χ4n) is 3.01. The van der Waals surface area contributed by atoms with Crippen LogP contribution in [-0.2, 0) is 0 Å². The van der Waals surface area contributed by atoms with Crippen molar-refractivity contribution in [1.29, 1.82) is 0 Å². The second-order valence-corrected chi connectivity index (χ2v) is 5.66. The van der Waals surface area contributed by atoms with Gasteiger partial charge in [0.15, 0.2) is 11.5 Å². The molecule has 1 unspecified atom stereocenters. The Hall–Kier alpha value is -2.83. The number of likely N-dealkylation sites (tertiary alicyclic amines) is 1. The van der Waals surface area contributed by atoms with Gasteiger partial charge >= 0.3 is 0 Å². The van der Waals surface area contributed by atoms with Crippen LogP contribution in [0.5, 0.6) is 11.5 Å². The highest BCUT2D eigenvalue weighted by atomic mass is 16.7. The number of hydrogen-bond donors (Lipinski definition) is 1. The third kappa shape index (κ3) is 2.54. The van der Waals surface area contributed by atoms with Crippen LogP contribution >= 0.6 is 0 Å². The highest BCUT2D eigenvalue weighted by Crippen LogP contribution is 2.37. The third-order valence-corrected chi connectivity index (χ3v) is 4.24. The van der Waals surface area contributed by atoms with E-state index in [-0.39, 0.29) is 29.9 Å². The van der Waals surface area contributed by atoms with Gasteiger partial charge < -0.3 is 14.4 Å². The van der Waals surface area contributed by atoms with Crippen molar-refractivity contribution in [3.05, 3.63) is 51.9 Å². The number of rotatable bonds is 2. The van der Waals surface area contributed by atoms with Crippen LogP contribution in [0, 0.1) is 0 Å². The van der Waals surface area contributed by atoms with Crippen molar-refractivity contribution >= 4 is 5.91 Å². The van der Waals surface area contributed by atoms with Gasteiger partial charge in [-0.25, -0.2) is 5.10 Å². The van der Waals surface area contributed by atoms with E-state index in [1.54, 1.807) is 4.90 Å². The van der Waals surface area contributed by atoms with E-state index in [0.29, 0.717) is 13.1 Å². The van der Waals surface area contributed by atoms with Gasteiger partial charge in [0.05, 0.1) is 0 Å².